The van der Waals surface area contributed by atoms with Crippen LogP contribution in [-0.4, -0.2) is 10.2 Å². The van der Waals surface area contributed by atoms with E-state index < -0.39 is 17.1 Å². The van der Waals surface area contributed by atoms with Crippen molar-refractivity contribution in [2.45, 2.75) is 25.6 Å². The highest BCUT2D eigenvalue weighted by atomic mass is 16.3. The van der Waals surface area contributed by atoms with Gasteiger partial charge in [0.1, 0.15) is 11.7 Å². The molecule has 0 aliphatic carbocycles. The average Bonchev–Trinajstić information content (AvgIpc) is 2.54. The summed E-state index contributed by atoms with van der Waals surface area (Å²) in [6.45, 7) is 7.58. The van der Waals surface area contributed by atoms with Gasteiger partial charge in [-0.1, -0.05) is 80.6 Å². The van der Waals surface area contributed by atoms with Crippen LogP contribution in [0.2, 0.25) is 0 Å². The molecule has 21 heavy (non-hydrogen) atoms. The lowest BCUT2D eigenvalue weighted by Crippen LogP contribution is -2.46. The number of hydrogen-bond donors (Lipinski definition) is 2. The SMILES string of the molecule is C=CC(C)(C)[C@](O)(c1ccccc1)[C@H](O)c1ccccc1. The molecule has 0 saturated heterocycles. The van der Waals surface area contributed by atoms with Crippen LogP contribution in [0.1, 0.15) is 31.1 Å². The minimum absolute atomic E-state index is 0.672. The van der Waals surface area contributed by atoms with E-state index in [0.717, 1.165) is 0 Å². The van der Waals surface area contributed by atoms with Gasteiger partial charge in [0.05, 0.1) is 0 Å². The first-order valence-electron chi connectivity index (χ1n) is 7.08. The Kier molecular flexibility index (Phi) is 4.31. The number of aliphatic hydroxyl groups is 2. The van der Waals surface area contributed by atoms with Crippen LogP contribution in [-0.2, 0) is 5.60 Å². The van der Waals surface area contributed by atoms with Crippen LogP contribution in [0.4, 0.5) is 0 Å². The molecule has 2 nitrogen and oxygen atoms in total. The predicted octanol–water partition coefficient (Wildman–Crippen LogP) is 3.82. The van der Waals surface area contributed by atoms with Gasteiger partial charge >= 0.3 is 0 Å². The van der Waals surface area contributed by atoms with Crippen LogP contribution in [0, 0.1) is 5.41 Å². The van der Waals surface area contributed by atoms with E-state index in [9.17, 15) is 10.2 Å². The first-order chi connectivity index (χ1) is 9.93. The van der Waals surface area contributed by atoms with Crippen molar-refractivity contribution in [3.63, 3.8) is 0 Å². The first kappa shape index (κ1) is 15.5. The van der Waals surface area contributed by atoms with Gasteiger partial charge in [-0.15, -0.1) is 6.58 Å². The Bertz CT molecular complexity index is 589. The molecule has 0 unspecified atom stereocenters. The maximum atomic E-state index is 11.4. The fraction of sp³-hybridized carbons (Fsp3) is 0.263. The van der Waals surface area contributed by atoms with Crippen molar-refractivity contribution in [3.8, 4) is 0 Å². The third kappa shape index (κ3) is 2.65. The van der Waals surface area contributed by atoms with Crippen molar-refractivity contribution in [2.24, 2.45) is 5.41 Å². The molecule has 0 radical (unpaired) electrons. The van der Waals surface area contributed by atoms with Gasteiger partial charge in [-0.2, -0.15) is 0 Å². The Morgan fingerprint density at radius 1 is 0.952 bits per heavy atom. The molecular weight excluding hydrogens is 260 g/mol. The van der Waals surface area contributed by atoms with Crippen LogP contribution in [0.5, 0.6) is 0 Å². The molecule has 0 aromatic heterocycles. The zero-order valence-corrected chi connectivity index (χ0v) is 12.5. The standard InChI is InChI=1S/C19H22O2/c1-4-18(2,3)19(21,16-13-9-6-10-14-16)17(20)15-11-7-5-8-12-15/h4-14,17,20-21H,1H2,2-3H3/t17-,19+/m1/s1. The molecule has 0 amide bonds. The highest BCUT2D eigenvalue weighted by Gasteiger charge is 2.49. The zero-order valence-electron chi connectivity index (χ0n) is 12.5. The summed E-state index contributed by atoms with van der Waals surface area (Å²) >= 11 is 0. The third-order valence-electron chi connectivity index (χ3n) is 4.22. The molecule has 110 valence electrons. The fourth-order valence-corrected chi connectivity index (χ4v) is 2.61. The summed E-state index contributed by atoms with van der Waals surface area (Å²) in [5.74, 6) is 0. The minimum atomic E-state index is -1.46. The van der Waals surface area contributed by atoms with E-state index in [-0.39, 0.29) is 0 Å². The van der Waals surface area contributed by atoms with Crippen LogP contribution >= 0.6 is 0 Å². The molecule has 0 aliphatic heterocycles. The van der Waals surface area contributed by atoms with Gasteiger partial charge in [-0.25, -0.2) is 0 Å². The van der Waals surface area contributed by atoms with Crippen molar-refractivity contribution in [3.05, 3.63) is 84.4 Å². The highest BCUT2D eigenvalue weighted by molar-refractivity contribution is 5.33. The highest BCUT2D eigenvalue weighted by Crippen LogP contribution is 2.48. The fourth-order valence-electron chi connectivity index (χ4n) is 2.61. The van der Waals surface area contributed by atoms with Gasteiger partial charge in [0, 0.05) is 5.41 Å². The van der Waals surface area contributed by atoms with Crippen molar-refractivity contribution < 1.29 is 10.2 Å². The van der Waals surface area contributed by atoms with E-state index in [4.69, 9.17) is 0 Å². The second-order valence-electron chi connectivity index (χ2n) is 5.87. The van der Waals surface area contributed by atoms with E-state index in [1.807, 2.05) is 74.5 Å². The van der Waals surface area contributed by atoms with Crippen molar-refractivity contribution >= 4 is 0 Å². The van der Waals surface area contributed by atoms with Gasteiger partial charge in [-0.3, -0.25) is 0 Å². The number of rotatable bonds is 5. The van der Waals surface area contributed by atoms with Gasteiger partial charge in [-0.05, 0) is 11.1 Å². The molecular formula is C19H22O2. The van der Waals surface area contributed by atoms with E-state index in [1.54, 1.807) is 6.08 Å². The van der Waals surface area contributed by atoms with Crippen LogP contribution < -0.4 is 0 Å². The maximum Gasteiger partial charge on any atom is 0.128 e. The lowest BCUT2D eigenvalue weighted by molar-refractivity contribution is -0.141. The second kappa shape index (κ2) is 5.84. The van der Waals surface area contributed by atoms with Gasteiger partial charge in [0.25, 0.3) is 0 Å². The Labute approximate surface area is 126 Å². The molecule has 2 aromatic carbocycles. The molecule has 0 fully saturated rings. The average molecular weight is 282 g/mol. The van der Waals surface area contributed by atoms with Gasteiger partial charge in [0.15, 0.2) is 0 Å². The predicted molar refractivity (Wildman–Crippen MR) is 85.7 cm³/mol. The molecule has 0 aliphatic rings. The molecule has 2 N–H and O–H groups in total. The summed E-state index contributed by atoms with van der Waals surface area (Å²) in [6, 6.07) is 18.5. The summed E-state index contributed by atoms with van der Waals surface area (Å²) in [5.41, 5.74) is -0.814. The molecule has 2 rings (SSSR count). The molecule has 2 heteroatoms. The monoisotopic (exact) mass is 282 g/mol. The van der Waals surface area contributed by atoms with E-state index in [2.05, 4.69) is 6.58 Å². The van der Waals surface area contributed by atoms with Crippen LogP contribution in [0.25, 0.3) is 0 Å². The van der Waals surface area contributed by atoms with E-state index in [1.165, 1.54) is 0 Å². The Morgan fingerprint density at radius 2 is 1.43 bits per heavy atom. The Balaban J connectivity index is 2.60. The molecule has 0 spiro atoms. The summed E-state index contributed by atoms with van der Waals surface area (Å²) < 4.78 is 0. The maximum absolute atomic E-state index is 11.4. The first-order valence-corrected chi connectivity index (χ1v) is 7.08. The largest absolute Gasteiger partial charge is 0.385 e. The lowest BCUT2D eigenvalue weighted by Gasteiger charge is -2.44. The van der Waals surface area contributed by atoms with Crippen LogP contribution in [0.3, 0.4) is 0 Å². The topological polar surface area (TPSA) is 40.5 Å². The normalized spacial score (nSPS) is 16.0. The molecule has 0 bridgehead atoms. The number of aliphatic hydroxyl groups excluding tert-OH is 1. The van der Waals surface area contributed by atoms with Crippen LogP contribution in [0.15, 0.2) is 73.3 Å². The minimum Gasteiger partial charge on any atom is -0.385 e. The smallest absolute Gasteiger partial charge is 0.128 e. The summed E-state index contributed by atoms with van der Waals surface area (Å²) in [4.78, 5) is 0. The van der Waals surface area contributed by atoms with Crippen molar-refractivity contribution in [2.75, 3.05) is 0 Å². The third-order valence-corrected chi connectivity index (χ3v) is 4.22. The Hall–Kier alpha value is -1.90. The van der Waals surface area contributed by atoms with Gasteiger partial charge < -0.3 is 10.2 Å². The van der Waals surface area contributed by atoms with Crippen molar-refractivity contribution in [1.82, 2.24) is 0 Å². The van der Waals surface area contributed by atoms with Gasteiger partial charge in [0.2, 0.25) is 0 Å². The van der Waals surface area contributed by atoms with E-state index in [0.29, 0.717) is 11.1 Å². The molecule has 0 heterocycles. The molecule has 2 aromatic rings. The molecule has 2 atom stereocenters. The summed E-state index contributed by atoms with van der Waals surface area (Å²) in [7, 11) is 0. The number of hydrogen-bond acceptors (Lipinski definition) is 2. The van der Waals surface area contributed by atoms with Crippen molar-refractivity contribution in [1.29, 1.82) is 0 Å². The molecule has 0 saturated carbocycles. The Morgan fingerprint density at radius 3 is 1.90 bits per heavy atom. The summed E-state index contributed by atoms with van der Waals surface area (Å²) in [6.07, 6.45) is 0.640. The zero-order chi connectivity index (χ0) is 15.5. The second-order valence-corrected chi connectivity index (χ2v) is 5.87. The lowest BCUT2D eigenvalue weighted by atomic mass is 9.66. The quantitative estimate of drug-likeness (QED) is 0.818. The van der Waals surface area contributed by atoms with E-state index >= 15 is 0 Å². The summed E-state index contributed by atoms with van der Waals surface area (Å²) in [5, 5.41) is 22.3. The number of benzene rings is 2.